The molecular weight excluding hydrogens is 436 g/mol. The summed E-state index contributed by atoms with van der Waals surface area (Å²) in [6.07, 6.45) is 2.04. The molecule has 0 bridgehead atoms. The molecule has 1 aliphatic heterocycles. The first kappa shape index (κ1) is 23.6. The number of hydrogen-bond donors (Lipinski definition) is 1. The van der Waals surface area contributed by atoms with Crippen LogP contribution in [0.4, 0.5) is 0 Å². The summed E-state index contributed by atoms with van der Waals surface area (Å²) in [5, 5.41) is 3.60. The third-order valence-electron chi connectivity index (χ3n) is 5.75. The quantitative estimate of drug-likeness (QED) is 0.661. The van der Waals surface area contributed by atoms with E-state index in [0.29, 0.717) is 24.4 Å². The van der Waals surface area contributed by atoms with Gasteiger partial charge in [-0.2, -0.15) is 4.31 Å². The predicted octanol–water partition coefficient (Wildman–Crippen LogP) is 4.33. The Hall–Kier alpha value is -2.09. The maximum absolute atomic E-state index is 13.0. The number of methoxy groups -OCH3 is 1. The molecule has 1 amide bonds. The molecule has 1 aliphatic rings. The van der Waals surface area contributed by atoms with Crippen molar-refractivity contribution >= 4 is 27.5 Å². The van der Waals surface area contributed by atoms with Gasteiger partial charge in [-0.15, -0.1) is 0 Å². The van der Waals surface area contributed by atoms with Crippen LogP contribution in [0.25, 0.3) is 0 Å². The fourth-order valence-electron chi connectivity index (χ4n) is 3.96. The number of rotatable bonds is 7. The van der Waals surface area contributed by atoms with Crippen LogP contribution in [-0.4, -0.2) is 38.8 Å². The van der Waals surface area contributed by atoms with E-state index in [2.05, 4.69) is 5.32 Å². The molecule has 2 atom stereocenters. The molecule has 1 fully saturated rings. The maximum atomic E-state index is 13.0. The van der Waals surface area contributed by atoms with Crippen molar-refractivity contribution in [2.45, 2.75) is 44.0 Å². The van der Waals surface area contributed by atoms with E-state index in [0.717, 1.165) is 23.3 Å². The number of ether oxygens (including phenoxy) is 1. The zero-order valence-corrected chi connectivity index (χ0v) is 19.7. The molecule has 0 aromatic heterocycles. The zero-order valence-electron chi connectivity index (χ0n) is 18.1. The Morgan fingerprint density at radius 3 is 2.58 bits per heavy atom. The molecule has 0 radical (unpaired) electrons. The SMILES string of the molecule is CC[C@@H](NC(=O)[C@H]1CCCN(S(=O)(=O)c2ccc(Cl)cc2)C1)c1ccc(OC)c(C)c1. The molecular formula is C23H29ClN2O4S. The van der Waals surface area contributed by atoms with Gasteiger partial charge in [-0.3, -0.25) is 4.79 Å². The normalized spacial score (nSPS) is 18.4. The van der Waals surface area contributed by atoms with Gasteiger partial charge in [0.2, 0.25) is 15.9 Å². The second-order valence-electron chi connectivity index (χ2n) is 7.85. The average molecular weight is 465 g/mol. The number of aryl methyl sites for hydroxylation is 1. The number of carbonyl (C=O) groups excluding carboxylic acids is 1. The van der Waals surface area contributed by atoms with E-state index < -0.39 is 10.0 Å². The smallest absolute Gasteiger partial charge is 0.243 e. The largest absolute Gasteiger partial charge is 0.496 e. The van der Waals surface area contributed by atoms with Gasteiger partial charge in [0.15, 0.2) is 0 Å². The molecule has 0 aliphatic carbocycles. The highest BCUT2D eigenvalue weighted by Crippen LogP contribution is 2.27. The first-order valence-corrected chi connectivity index (χ1v) is 12.3. The topological polar surface area (TPSA) is 75.7 Å². The Morgan fingerprint density at radius 2 is 1.97 bits per heavy atom. The van der Waals surface area contributed by atoms with Gasteiger partial charge in [0.25, 0.3) is 0 Å². The number of sulfonamides is 1. The van der Waals surface area contributed by atoms with Crippen LogP contribution in [-0.2, 0) is 14.8 Å². The number of nitrogens with zero attached hydrogens (tertiary/aromatic N) is 1. The summed E-state index contributed by atoms with van der Waals surface area (Å²) in [7, 11) is -2.03. The molecule has 1 heterocycles. The first-order chi connectivity index (χ1) is 14.8. The highest BCUT2D eigenvalue weighted by atomic mass is 35.5. The fraction of sp³-hybridized carbons (Fsp3) is 0.435. The van der Waals surface area contributed by atoms with Crippen LogP contribution in [0.3, 0.4) is 0 Å². The van der Waals surface area contributed by atoms with Crippen LogP contribution in [0, 0.1) is 12.8 Å². The van der Waals surface area contributed by atoms with E-state index >= 15 is 0 Å². The van der Waals surface area contributed by atoms with Crippen LogP contribution in [0.2, 0.25) is 5.02 Å². The van der Waals surface area contributed by atoms with Gasteiger partial charge >= 0.3 is 0 Å². The fourth-order valence-corrected chi connectivity index (χ4v) is 5.61. The molecule has 0 saturated carbocycles. The summed E-state index contributed by atoms with van der Waals surface area (Å²) >= 11 is 5.88. The molecule has 0 unspecified atom stereocenters. The van der Waals surface area contributed by atoms with Crippen molar-refractivity contribution in [3.8, 4) is 5.75 Å². The van der Waals surface area contributed by atoms with Crippen LogP contribution in [0.1, 0.15) is 43.4 Å². The van der Waals surface area contributed by atoms with Crippen LogP contribution >= 0.6 is 11.6 Å². The molecule has 2 aromatic rings. The Bertz CT molecular complexity index is 1020. The Morgan fingerprint density at radius 1 is 1.26 bits per heavy atom. The highest BCUT2D eigenvalue weighted by molar-refractivity contribution is 7.89. The zero-order chi connectivity index (χ0) is 22.6. The van der Waals surface area contributed by atoms with Crippen LogP contribution in [0.5, 0.6) is 5.75 Å². The second-order valence-corrected chi connectivity index (χ2v) is 10.2. The van der Waals surface area contributed by atoms with E-state index in [9.17, 15) is 13.2 Å². The molecule has 1 N–H and O–H groups in total. The van der Waals surface area contributed by atoms with E-state index in [-0.39, 0.29) is 29.3 Å². The number of benzene rings is 2. The van der Waals surface area contributed by atoms with Crippen molar-refractivity contribution < 1.29 is 17.9 Å². The predicted molar refractivity (Wildman–Crippen MR) is 122 cm³/mol. The lowest BCUT2D eigenvalue weighted by molar-refractivity contribution is -0.126. The van der Waals surface area contributed by atoms with E-state index in [4.69, 9.17) is 16.3 Å². The summed E-state index contributed by atoms with van der Waals surface area (Å²) in [5.74, 6) is 0.306. The lowest BCUT2D eigenvalue weighted by Gasteiger charge is -2.32. The van der Waals surface area contributed by atoms with Gasteiger partial charge in [-0.05, 0) is 67.6 Å². The molecule has 6 nitrogen and oxygen atoms in total. The van der Waals surface area contributed by atoms with Crippen molar-refractivity contribution in [1.82, 2.24) is 9.62 Å². The number of halogens is 1. The minimum absolute atomic E-state index is 0.115. The van der Waals surface area contributed by atoms with Gasteiger partial charge in [0.1, 0.15) is 5.75 Å². The summed E-state index contributed by atoms with van der Waals surface area (Å²) in [6.45, 7) is 4.57. The molecule has 2 aromatic carbocycles. The molecule has 0 spiro atoms. The maximum Gasteiger partial charge on any atom is 0.243 e. The van der Waals surface area contributed by atoms with Crippen molar-refractivity contribution in [2.24, 2.45) is 5.92 Å². The Labute approximate surface area is 189 Å². The number of amides is 1. The number of piperidine rings is 1. The van der Waals surface area contributed by atoms with Crippen molar-refractivity contribution in [3.63, 3.8) is 0 Å². The molecule has 8 heteroatoms. The first-order valence-electron chi connectivity index (χ1n) is 10.5. The third-order valence-corrected chi connectivity index (χ3v) is 7.88. The minimum Gasteiger partial charge on any atom is -0.496 e. The van der Waals surface area contributed by atoms with Crippen molar-refractivity contribution in [1.29, 1.82) is 0 Å². The number of hydrogen-bond acceptors (Lipinski definition) is 4. The molecule has 1 saturated heterocycles. The monoisotopic (exact) mass is 464 g/mol. The van der Waals surface area contributed by atoms with Crippen molar-refractivity contribution in [3.05, 3.63) is 58.6 Å². The van der Waals surface area contributed by atoms with E-state index in [1.807, 2.05) is 32.0 Å². The average Bonchev–Trinajstić information content (AvgIpc) is 2.77. The number of carbonyl (C=O) groups is 1. The van der Waals surface area contributed by atoms with E-state index in [1.165, 1.54) is 16.4 Å². The second kappa shape index (κ2) is 10.0. The minimum atomic E-state index is -3.66. The van der Waals surface area contributed by atoms with Crippen LogP contribution < -0.4 is 10.1 Å². The lowest BCUT2D eigenvalue weighted by atomic mass is 9.96. The summed E-state index contributed by atoms with van der Waals surface area (Å²) in [5.41, 5.74) is 2.01. The van der Waals surface area contributed by atoms with Gasteiger partial charge in [0, 0.05) is 18.1 Å². The Balaban J connectivity index is 1.71. The van der Waals surface area contributed by atoms with Gasteiger partial charge in [-0.25, -0.2) is 8.42 Å². The molecule has 168 valence electrons. The third kappa shape index (κ3) is 5.40. The van der Waals surface area contributed by atoms with Crippen LogP contribution in [0.15, 0.2) is 47.4 Å². The van der Waals surface area contributed by atoms with Gasteiger partial charge in [-0.1, -0.05) is 30.7 Å². The summed E-state index contributed by atoms with van der Waals surface area (Å²) < 4.78 is 32.7. The molecule has 31 heavy (non-hydrogen) atoms. The Kier molecular flexibility index (Phi) is 7.62. The van der Waals surface area contributed by atoms with E-state index in [1.54, 1.807) is 19.2 Å². The standard InChI is InChI=1S/C23H29ClN2O4S/c1-4-21(17-7-12-22(30-3)16(2)14-17)25-23(27)18-6-5-13-26(15-18)31(28,29)20-10-8-19(24)9-11-20/h7-12,14,18,21H,4-6,13,15H2,1-3H3,(H,25,27)/t18-,21+/m0/s1. The summed E-state index contributed by atoms with van der Waals surface area (Å²) in [6, 6.07) is 11.9. The van der Waals surface area contributed by atoms with Gasteiger partial charge in [0.05, 0.1) is 24.0 Å². The molecule has 3 rings (SSSR count). The van der Waals surface area contributed by atoms with Crippen molar-refractivity contribution in [2.75, 3.05) is 20.2 Å². The summed E-state index contributed by atoms with van der Waals surface area (Å²) in [4.78, 5) is 13.2. The highest BCUT2D eigenvalue weighted by Gasteiger charge is 2.34. The lowest BCUT2D eigenvalue weighted by Crippen LogP contribution is -2.46. The van der Waals surface area contributed by atoms with Gasteiger partial charge < -0.3 is 10.1 Å². The number of nitrogens with one attached hydrogen (secondary N) is 1.